The number of aromatic hydroxyl groups is 1. The lowest BCUT2D eigenvalue weighted by Gasteiger charge is -2.04. The molecule has 3 rings (SSSR count). The average Bonchev–Trinajstić information content (AvgIpc) is 3.41. The molecule has 0 bridgehead atoms. The first-order chi connectivity index (χ1) is 15.3. The molecule has 0 spiro atoms. The van der Waals surface area contributed by atoms with E-state index in [4.69, 9.17) is 27.9 Å². The van der Waals surface area contributed by atoms with Gasteiger partial charge < -0.3 is 15.2 Å². The number of hydrogen-bond donors (Lipinski definition) is 3. The number of thiophene rings is 2. The van der Waals surface area contributed by atoms with E-state index in [1.165, 1.54) is 11.3 Å². The monoisotopic (exact) mass is 511 g/mol. The van der Waals surface area contributed by atoms with Crippen LogP contribution < -0.4 is 10.7 Å². The molecular formula is C21H19Cl2N3O4S2. The number of nitrogens with one attached hydrogen (secondary N) is 2. The fourth-order valence-electron chi connectivity index (χ4n) is 2.64. The van der Waals surface area contributed by atoms with Crippen molar-refractivity contribution in [2.45, 2.75) is 6.92 Å². The summed E-state index contributed by atoms with van der Waals surface area (Å²) in [4.78, 5) is 25.8. The van der Waals surface area contributed by atoms with Crippen molar-refractivity contribution in [3.05, 3.63) is 61.1 Å². The molecule has 0 saturated carbocycles. The molecule has 0 unspecified atom stereocenters. The summed E-state index contributed by atoms with van der Waals surface area (Å²) in [5.74, 6) is -0.691. The Morgan fingerprint density at radius 3 is 2.53 bits per heavy atom. The van der Waals surface area contributed by atoms with Gasteiger partial charge in [-0.3, -0.25) is 9.59 Å². The van der Waals surface area contributed by atoms with E-state index in [1.54, 1.807) is 49.7 Å². The molecule has 2 heterocycles. The molecule has 32 heavy (non-hydrogen) atoms. The molecule has 168 valence electrons. The fraction of sp³-hybridized carbons (Fsp3) is 0.190. The lowest BCUT2D eigenvalue weighted by atomic mass is 10.1. The van der Waals surface area contributed by atoms with Crippen LogP contribution in [0.4, 0.5) is 0 Å². The van der Waals surface area contributed by atoms with Crippen LogP contribution in [0, 0.1) is 0 Å². The second-order valence-electron chi connectivity index (χ2n) is 6.51. The van der Waals surface area contributed by atoms with Gasteiger partial charge in [0.2, 0.25) is 0 Å². The highest BCUT2D eigenvalue weighted by molar-refractivity contribution is 7.16. The van der Waals surface area contributed by atoms with E-state index in [1.807, 2.05) is 0 Å². The van der Waals surface area contributed by atoms with Gasteiger partial charge in [0.1, 0.15) is 5.75 Å². The van der Waals surface area contributed by atoms with E-state index >= 15 is 0 Å². The van der Waals surface area contributed by atoms with Crippen LogP contribution in [0.15, 0.2) is 40.8 Å². The molecule has 0 atom stereocenters. The van der Waals surface area contributed by atoms with Gasteiger partial charge in [-0.15, -0.1) is 22.7 Å². The molecule has 0 aliphatic heterocycles. The van der Waals surface area contributed by atoms with E-state index in [2.05, 4.69) is 15.8 Å². The van der Waals surface area contributed by atoms with Crippen molar-refractivity contribution in [1.82, 2.24) is 10.7 Å². The van der Waals surface area contributed by atoms with E-state index in [0.29, 0.717) is 49.1 Å². The van der Waals surface area contributed by atoms with Crippen molar-refractivity contribution >= 4 is 63.4 Å². The third-order valence-electron chi connectivity index (χ3n) is 4.31. The maximum absolute atomic E-state index is 12.4. The Kier molecular flexibility index (Phi) is 8.27. The van der Waals surface area contributed by atoms with Crippen molar-refractivity contribution in [2.24, 2.45) is 5.10 Å². The number of hydrazone groups is 1. The largest absolute Gasteiger partial charge is 0.506 e. The molecule has 3 N–H and O–H groups in total. The molecule has 0 saturated heterocycles. The number of hydrogen-bond acceptors (Lipinski definition) is 7. The number of benzene rings is 1. The maximum Gasteiger partial charge on any atom is 0.281 e. The van der Waals surface area contributed by atoms with Crippen LogP contribution in [0.2, 0.25) is 10.0 Å². The van der Waals surface area contributed by atoms with Gasteiger partial charge in [-0.1, -0.05) is 29.3 Å². The number of halogens is 2. The number of carbonyl (C=O) groups excluding carboxylic acids is 2. The number of methoxy groups -OCH3 is 1. The highest BCUT2D eigenvalue weighted by Gasteiger charge is 2.17. The number of carbonyl (C=O) groups is 2. The van der Waals surface area contributed by atoms with Crippen molar-refractivity contribution in [3.63, 3.8) is 0 Å². The number of amides is 2. The minimum absolute atomic E-state index is 0.0371. The summed E-state index contributed by atoms with van der Waals surface area (Å²) in [5.41, 5.74) is 4.09. The molecule has 2 amide bonds. The van der Waals surface area contributed by atoms with Crippen LogP contribution in [0.3, 0.4) is 0 Å². The van der Waals surface area contributed by atoms with Crippen LogP contribution in [0.25, 0.3) is 10.4 Å². The molecule has 2 aromatic heterocycles. The topological polar surface area (TPSA) is 100 Å². The first-order valence-electron chi connectivity index (χ1n) is 9.29. The zero-order valence-corrected chi connectivity index (χ0v) is 20.2. The standard InChI is InChI=1S/C21H19Cl2N3O4S2/c1-11(13-10-31-19(18(13)27)12-3-4-14(22)15(23)9-12)25-26-21(29)17-6-5-16(32-17)20(28)24-7-8-30-2/h3-6,9-10,27H,7-8H2,1-2H3,(H,24,28)(H,26,29). The summed E-state index contributed by atoms with van der Waals surface area (Å²) in [6.07, 6.45) is 0. The molecule has 1 aromatic carbocycles. The zero-order chi connectivity index (χ0) is 23.3. The van der Waals surface area contributed by atoms with E-state index in [9.17, 15) is 14.7 Å². The number of nitrogens with zero attached hydrogens (tertiary/aromatic N) is 1. The molecule has 0 fully saturated rings. The third-order valence-corrected chi connectivity index (χ3v) is 7.15. The fourth-order valence-corrected chi connectivity index (χ4v) is 4.75. The lowest BCUT2D eigenvalue weighted by Crippen LogP contribution is -2.26. The second-order valence-corrected chi connectivity index (χ2v) is 9.28. The van der Waals surface area contributed by atoms with Gasteiger partial charge in [0.05, 0.1) is 42.6 Å². The molecule has 7 nitrogen and oxygen atoms in total. The summed E-state index contributed by atoms with van der Waals surface area (Å²) in [6.45, 7) is 2.46. The van der Waals surface area contributed by atoms with Crippen LogP contribution >= 0.6 is 45.9 Å². The maximum atomic E-state index is 12.4. The van der Waals surface area contributed by atoms with Gasteiger partial charge in [-0.2, -0.15) is 5.10 Å². The van der Waals surface area contributed by atoms with E-state index < -0.39 is 5.91 Å². The first kappa shape index (κ1) is 24.2. The summed E-state index contributed by atoms with van der Waals surface area (Å²) in [7, 11) is 1.55. The lowest BCUT2D eigenvalue weighted by molar-refractivity contribution is 0.0939. The Morgan fingerprint density at radius 2 is 1.84 bits per heavy atom. The van der Waals surface area contributed by atoms with Crippen molar-refractivity contribution < 1.29 is 19.4 Å². The number of ether oxygens (including phenoxy) is 1. The molecular weight excluding hydrogens is 493 g/mol. The van der Waals surface area contributed by atoms with Gasteiger partial charge in [-0.25, -0.2) is 5.43 Å². The quantitative estimate of drug-likeness (QED) is 0.224. The summed E-state index contributed by atoms with van der Waals surface area (Å²) in [6, 6.07) is 8.23. The molecule has 11 heteroatoms. The van der Waals surface area contributed by atoms with E-state index in [-0.39, 0.29) is 11.7 Å². The average molecular weight is 512 g/mol. The van der Waals surface area contributed by atoms with E-state index in [0.717, 1.165) is 16.9 Å². The minimum Gasteiger partial charge on any atom is -0.506 e. The molecule has 3 aromatic rings. The Labute approximate surface area is 202 Å². The van der Waals surface area contributed by atoms with Gasteiger partial charge in [0, 0.05) is 19.0 Å². The smallest absolute Gasteiger partial charge is 0.281 e. The Hall–Kier alpha value is -2.43. The van der Waals surface area contributed by atoms with Gasteiger partial charge in [0.15, 0.2) is 0 Å². The van der Waals surface area contributed by atoms with Crippen LogP contribution in [-0.2, 0) is 4.74 Å². The Balaban J connectivity index is 1.68. The first-order valence-corrected chi connectivity index (χ1v) is 11.7. The minimum atomic E-state index is -0.454. The highest BCUT2D eigenvalue weighted by atomic mass is 35.5. The molecule has 0 aliphatic carbocycles. The van der Waals surface area contributed by atoms with Crippen LogP contribution in [0.1, 0.15) is 31.8 Å². The van der Waals surface area contributed by atoms with Crippen LogP contribution in [0.5, 0.6) is 5.75 Å². The molecule has 0 aliphatic rings. The summed E-state index contributed by atoms with van der Waals surface area (Å²) in [5, 5.41) is 20.0. The van der Waals surface area contributed by atoms with Crippen molar-refractivity contribution in [2.75, 3.05) is 20.3 Å². The number of rotatable bonds is 8. The Bertz CT molecular complexity index is 1170. The van der Waals surface area contributed by atoms with Gasteiger partial charge in [0.25, 0.3) is 11.8 Å². The molecule has 0 radical (unpaired) electrons. The second kappa shape index (κ2) is 10.9. The highest BCUT2D eigenvalue weighted by Crippen LogP contribution is 2.40. The van der Waals surface area contributed by atoms with Crippen LogP contribution in [-0.4, -0.2) is 42.9 Å². The summed E-state index contributed by atoms with van der Waals surface area (Å²) < 4.78 is 4.89. The third kappa shape index (κ3) is 5.67. The predicted molar refractivity (Wildman–Crippen MR) is 130 cm³/mol. The summed E-state index contributed by atoms with van der Waals surface area (Å²) >= 11 is 14.4. The van der Waals surface area contributed by atoms with Gasteiger partial charge >= 0.3 is 0 Å². The predicted octanol–water partition coefficient (Wildman–Crippen LogP) is 5.02. The van der Waals surface area contributed by atoms with Crippen molar-refractivity contribution in [3.8, 4) is 16.2 Å². The van der Waals surface area contributed by atoms with Gasteiger partial charge in [-0.05, 0) is 36.8 Å². The Morgan fingerprint density at radius 1 is 1.12 bits per heavy atom. The normalized spacial score (nSPS) is 11.4. The SMILES string of the molecule is COCCNC(=O)c1ccc(C(=O)NN=C(C)c2csc(-c3ccc(Cl)c(Cl)c3)c2O)s1. The zero-order valence-electron chi connectivity index (χ0n) is 17.1. The van der Waals surface area contributed by atoms with Crippen molar-refractivity contribution in [1.29, 1.82) is 0 Å².